The minimum absolute atomic E-state index is 0.154. The second-order valence-electron chi connectivity index (χ2n) is 3.76. The van der Waals surface area contributed by atoms with E-state index in [1.165, 1.54) is 0 Å². The lowest BCUT2D eigenvalue weighted by Crippen LogP contribution is -2.48. The van der Waals surface area contributed by atoms with E-state index in [2.05, 4.69) is 10.3 Å². The summed E-state index contributed by atoms with van der Waals surface area (Å²) in [4.78, 5) is 4.13. The number of rotatable bonds is 3. The van der Waals surface area contributed by atoms with Crippen LogP contribution in [0.4, 0.5) is 5.82 Å². The summed E-state index contributed by atoms with van der Waals surface area (Å²) >= 11 is 5.76. The summed E-state index contributed by atoms with van der Waals surface area (Å²) in [5.41, 5.74) is -0.155. The standard InChI is InChI=1S/C10H13ClN2O/c11-8-3-1-4-9(12-8)13-10(7-14)5-2-6-10/h1,3-4,14H,2,5-7H2,(H,12,13). The first kappa shape index (κ1) is 9.74. The highest BCUT2D eigenvalue weighted by Gasteiger charge is 2.36. The van der Waals surface area contributed by atoms with Crippen molar-refractivity contribution in [3.05, 3.63) is 23.4 Å². The third kappa shape index (κ3) is 1.83. The number of hydrogen-bond acceptors (Lipinski definition) is 3. The van der Waals surface area contributed by atoms with Crippen molar-refractivity contribution in [2.45, 2.75) is 24.8 Å². The van der Waals surface area contributed by atoms with Crippen LogP contribution < -0.4 is 5.32 Å². The molecule has 0 aromatic carbocycles. The van der Waals surface area contributed by atoms with Crippen LogP contribution in [0.25, 0.3) is 0 Å². The average Bonchev–Trinajstić information content (AvgIpc) is 2.11. The van der Waals surface area contributed by atoms with Crippen molar-refractivity contribution >= 4 is 17.4 Å². The minimum atomic E-state index is -0.155. The quantitative estimate of drug-likeness (QED) is 0.754. The Balaban J connectivity index is 2.09. The molecule has 0 aliphatic heterocycles. The summed E-state index contributed by atoms with van der Waals surface area (Å²) in [5, 5.41) is 13.0. The van der Waals surface area contributed by atoms with Gasteiger partial charge in [-0.3, -0.25) is 0 Å². The fraction of sp³-hybridized carbons (Fsp3) is 0.500. The van der Waals surface area contributed by atoms with Crippen LogP contribution in [0.2, 0.25) is 5.15 Å². The first-order valence-electron chi connectivity index (χ1n) is 4.76. The molecular formula is C10H13ClN2O. The van der Waals surface area contributed by atoms with Gasteiger partial charge in [0.2, 0.25) is 0 Å². The smallest absolute Gasteiger partial charge is 0.131 e. The molecule has 1 aromatic heterocycles. The fourth-order valence-electron chi connectivity index (χ4n) is 1.68. The monoisotopic (exact) mass is 212 g/mol. The van der Waals surface area contributed by atoms with Gasteiger partial charge in [-0.2, -0.15) is 0 Å². The van der Waals surface area contributed by atoms with Crippen LogP contribution in [-0.4, -0.2) is 22.2 Å². The van der Waals surface area contributed by atoms with Crippen LogP contribution in [0.1, 0.15) is 19.3 Å². The predicted octanol–water partition coefficient (Wildman–Crippen LogP) is 2.06. The predicted molar refractivity (Wildman–Crippen MR) is 56.5 cm³/mol. The van der Waals surface area contributed by atoms with Crippen LogP contribution in [0.3, 0.4) is 0 Å². The Morgan fingerprint density at radius 3 is 2.79 bits per heavy atom. The van der Waals surface area contributed by atoms with Gasteiger partial charge in [0, 0.05) is 0 Å². The van der Waals surface area contributed by atoms with Gasteiger partial charge in [-0.25, -0.2) is 4.98 Å². The maximum absolute atomic E-state index is 9.24. The Morgan fingerprint density at radius 1 is 1.50 bits per heavy atom. The van der Waals surface area contributed by atoms with E-state index in [1.54, 1.807) is 6.07 Å². The number of aliphatic hydroxyl groups excluding tert-OH is 1. The van der Waals surface area contributed by atoms with Gasteiger partial charge < -0.3 is 10.4 Å². The number of halogens is 1. The number of aliphatic hydroxyl groups is 1. The second-order valence-corrected chi connectivity index (χ2v) is 4.15. The molecule has 1 saturated carbocycles. The van der Waals surface area contributed by atoms with E-state index in [0.717, 1.165) is 25.1 Å². The van der Waals surface area contributed by atoms with E-state index in [0.29, 0.717) is 5.15 Å². The maximum atomic E-state index is 9.24. The molecule has 0 atom stereocenters. The summed E-state index contributed by atoms with van der Waals surface area (Å²) < 4.78 is 0. The van der Waals surface area contributed by atoms with Crippen LogP contribution in [-0.2, 0) is 0 Å². The van der Waals surface area contributed by atoms with Gasteiger partial charge >= 0.3 is 0 Å². The topological polar surface area (TPSA) is 45.1 Å². The Hall–Kier alpha value is -0.800. The Kier molecular flexibility index (Phi) is 2.61. The van der Waals surface area contributed by atoms with Crippen molar-refractivity contribution in [1.29, 1.82) is 0 Å². The molecule has 0 spiro atoms. The lowest BCUT2D eigenvalue weighted by atomic mass is 9.77. The molecule has 0 radical (unpaired) electrons. The van der Waals surface area contributed by atoms with Gasteiger partial charge in [-0.1, -0.05) is 17.7 Å². The fourth-order valence-corrected chi connectivity index (χ4v) is 1.84. The van der Waals surface area contributed by atoms with Crippen molar-refractivity contribution < 1.29 is 5.11 Å². The van der Waals surface area contributed by atoms with Gasteiger partial charge in [0.1, 0.15) is 11.0 Å². The van der Waals surface area contributed by atoms with E-state index >= 15 is 0 Å². The molecule has 3 nitrogen and oxygen atoms in total. The normalized spacial score (nSPS) is 18.7. The van der Waals surface area contributed by atoms with Gasteiger partial charge in [-0.05, 0) is 31.4 Å². The zero-order chi connectivity index (χ0) is 10.0. The summed E-state index contributed by atoms with van der Waals surface area (Å²) in [6.07, 6.45) is 3.16. The SMILES string of the molecule is OCC1(Nc2cccc(Cl)n2)CCC1. The third-order valence-electron chi connectivity index (χ3n) is 2.72. The van der Waals surface area contributed by atoms with Gasteiger partial charge in [0.05, 0.1) is 12.1 Å². The molecule has 0 bridgehead atoms. The van der Waals surface area contributed by atoms with Crippen molar-refractivity contribution in [2.24, 2.45) is 0 Å². The van der Waals surface area contributed by atoms with Gasteiger partial charge in [0.15, 0.2) is 0 Å². The first-order chi connectivity index (χ1) is 6.74. The Bertz CT molecular complexity index is 320. The van der Waals surface area contributed by atoms with Crippen LogP contribution in [0.5, 0.6) is 0 Å². The summed E-state index contributed by atoms with van der Waals surface area (Å²) in [7, 11) is 0. The number of nitrogens with one attached hydrogen (secondary N) is 1. The molecule has 0 amide bonds. The Morgan fingerprint density at radius 2 is 2.29 bits per heavy atom. The molecule has 4 heteroatoms. The molecule has 1 aliphatic carbocycles. The zero-order valence-electron chi connectivity index (χ0n) is 7.83. The van der Waals surface area contributed by atoms with Crippen LogP contribution >= 0.6 is 11.6 Å². The summed E-state index contributed by atoms with van der Waals surface area (Å²) in [6.45, 7) is 0.154. The molecule has 2 rings (SSSR count). The highest BCUT2D eigenvalue weighted by atomic mass is 35.5. The van der Waals surface area contributed by atoms with Gasteiger partial charge in [-0.15, -0.1) is 0 Å². The second kappa shape index (κ2) is 3.75. The molecular weight excluding hydrogens is 200 g/mol. The van der Waals surface area contributed by atoms with Gasteiger partial charge in [0.25, 0.3) is 0 Å². The van der Waals surface area contributed by atoms with E-state index in [1.807, 2.05) is 12.1 Å². The lowest BCUT2D eigenvalue weighted by Gasteiger charge is -2.41. The molecule has 14 heavy (non-hydrogen) atoms. The van der Waals surface area contributed by atoms with E-state index in [-0.39, 0.29) is 12.1 Å². The molecule has 0 unspecified atom stereocenters. The number of hydrogen-bond donors (Lipinski definition) is 2. The van der Waals surface area contributed by atoms with Crippen molar-refractivity contribution in [2.75, 3.05) is 11.9 Å². The van der Waals surface area contributed by atoms with Crippen molar-refractivity contribution in [3.8, 4) is 0 Å². The molecule has 1 heterocycles. The van der Waals surface area contributed by atoms with Crippen molar-refractivity contribution in [1.82, 2.24) is 4.98 Å². The third-order valence-corrected chi connectivity index (χ3v) is 2.93. The van der Waals surface area contributed by atoms with Crippen molar-refractivity contribution in [3.63, 3.8) is 0 Å². The molecule has 2 N–H and O–H groups in total. The van der Waals surface area contributed by atoms with Crippen LogP contribution in [0, 0.1) is 0 Å². The lowest BCUT2D eigenvalue weighted by molar-refractivity contribution is 0.144. The minimum Gasteiger partial charge on any atom is -0.394 e. The molecule has 1 fully saturated rings. The van der Waals surface area contributed by atoms with E-state index < -0.39 is 0 Å². The molecule has 1 aromatic rings. The van der Waals surface area contributed by atoms with E-state index in [9.17, 15) is 5.11 Å². The molecule has 76 valence electrons. The molecule has 0 saturated heterocycles. The largest absolute Gasteiger partial charge is 0.394 e. The highest BCUT2D eigenvalue weighted by Crippen LogP contribution is 2.34. The zero-order valence-corrected chi connectivity index (χ0v) is 8.59. The maximum Gasteiger partial charge on any atom is 0.131 e. The number of aromatic nitrogens is 1. The Labute approximate surface area is 88.1 Å². The number of anilines is 1. The molecule has 1 aliphatic rings. The number of nitrogens with zero attached hydrogens (tertiary/aromatic N) is 1. The summed E-state index contributed by atoms with van der Waals surface area (Å²) in [5.74, 6) is 0.742. The highest BCUT2D eigenvalue weighted by molar-refractivity contribution is 6.29. The van der Waals surface area contributed by atoms with Crippen LogP contribution in [0.15, 0.2) is 18.2 Å². The average molecular weight is 213 g/mol. The summed E-state index contributed by atoms with van der Waals surface area (Å²) in [6, 6.07) is 5.45. The first-order valence-corrected chi connectivity index (χ1v) is 5.14. The van der Waals surface area contributed by atoms with E-state index in [4.69, 9.17) is 11.6 Å². The number of pyridine rings is 1.